The highest BCUT2D eigenvalue weighted by atomic mass is 35.5. The van der Waals surface area contributed by atoms with E-state index in [1.54, 1.807) is 42.5 Å². The summed E-state index contributed by atoms with van der Waals surface area (Å²) in [5.41, 5.74) is 1.36. The van der Waals surface area contributed by atoms with E-state index in [4.69, 9.17) is 33.0 Å². The maximum absolute atomic E-state index is 12.3. The van der Waals surface area contributed by atoms with Gasteiger partial charge in [0.05, 0.1) is 16.5 Å². The van der Waals surface area contributed by atoms with E-state index in [0.29, 0.717) is 27.8 Å². The predicted molar refractivity (Wildman–Crippen MR) is 110 cm³/mol. The molecule has 0 fully saturated rings. The van der Waals surface area contributed by atoms with Gasteiger partial charge in [-0.1, -0.05) is 29.3 Å². The van der Waals surface area contributed by atoms with E-state index in [-0.39, 0.29) is 22.8 Å². The number of amides is 1. The third-order valence-corrected chi connectivity index (χ3v) is 4.51. The van der Waals surface area contributed by atoms with Crippen LogP contribution in [0.2, 0.25) is 10.0 Å². The van der Waals surface area contributed by atoms with Gasteiger partial charge in [-0.05, 0) is 60.2 Å². The molecule has 0 unspecified atom stereocenters. The van der Waals surface area contributed by atoms with Gasteiger partial charge in [0.1, 0.15) is 17.2 Å². The fourth-order valence-electron chi connectivity index (χ4n) is 2.50. The number of benzene rings is 3. The number of carbonyl (C=O) groups excluding carboxylic acids is 1. The number of aromatic hydroxyl groups is 1. The number of halogens is 2. The number of rotatable bonds is 6. The molecular weight excluding hydrogens is 417 g/mol. The Balaban J connectivity index is 1.66. The first-order valence-electron chi connectivity index (χ1n) is 8.40. The summed E-state index contributed by atoms with van der Waals surface area (Å²) in [5.74, 6) is -0.646. The van der Waals surface area contributed by atoms with Crippen LogP contribution in [0.3, 0.4) is 0 Å². The number of carboxylic acid groups (broad SMARTS) is 1. The zero-order chi connectivity index (χ0) is 21.0. The van der Waals surface area contributed by atoms with Crippen LogP contribution in [0.25, 0.3) is 0 Å². The number of carbonyl (C=O) groups is 2. The van der Waals surface area contributed by atoms with Crippen LogP contribution in [0.15, 0.2) is 60.7 Å². The van der Waals surface area contributed by atoms with Crippen molar-refractivity contribution in [1.29, 1.82) is 0 Å². The third-order valence-electron chi connectivity index (χ3n) is 3.90. The summed E-state index contributed by atoms with van der Waals surface area (Å²) < 4.78 is 5.70. The second-order valence-electron chi connectivity index (χ2n) is 6.08. The number of phenols is 1. The molecule has 0 aliphatic carbocycles. The van der Waals surface area contributed by atoms with Gasteiger partial charge in [0.15, 0.2) is 0 Å². The number of aliphatic carboxylic acids is 1. The lowest BCUT2D eigenvalue weighted by atomic mass is 10.1. The van der Waals surface area contributed by atoms with Crippen LogP contribution in [0.4, 0.5) is 5.69 Å². The lowest BCUT2D eigenvalue weighted by Gasteiger charge is -2.10. The third kappa shape index (κ3) is 5.40. The number of hydrogen-bond acceptors (Lipinski definition) is 4. The second-order valence-corrected chi connectivity index (χ2v) is 6.90. The van der Waals surface area contributed by atoms with Crippen LogP contribution >= 0.6 is 23.2 Å². The van der Waals surface area contributed by atoms with Crippen molar-refractivity contribution in [1.82, 2.24) is 0 Å². The van der Waals surface area contributed by atoms with Gasteiger partial charge < -0.3 is 20.3 Å². The van der Waals surface area contributed by atoms with Crippen molar-refractivity contribution in [3.8, 4) is 17.2 Å². The van der Waals surface area contributed by atoms with Crippen molar-refractivity contribution in [3.05, 3.63) is 81.8 Å². The number of nitrogens with one attached hydrogen (secondary N) is 1. The number of carboxylic acids is 1. The largest absolute Gasteiger partial charge is 0.506 e. The minimum absolute atomic E-state index is 0.125. The molecule has 8 heteroatoms. The Kier molecular flexibility index (Phi) is 6.26. The van der Waals surface area contributed by atoms with E-state index in [0.717, 1.165) is 0 Å². The van der Waals surface area contributed by atoms with Crippen LogP contribution in [-0.2, 0) is 11.2 Å². The highest BCUT2D eigenvalue weighted by Crippen LogP contribution is 2.31. The van der Waals surface area contributed by atoms with Crippen molar-refractivity contribution in [2.45, 2.75) is 6.42 Å². The molecule has 0 aromatic heterocycles. The number of phenolic OH excluding ortho intramolecular Hbond substituents is 1. The molecule has 1 amide bonds. The minimum Gasteiger partial charge on any atom is -0.506 e. The summed E-state index contributed by atoms with van der Waals surface area (Å²) in [5, 5.41) is 21.6. The van der Waals surface area contributed by atoms with Gasteiger partial charge in [-0.2, -0.15) is 0 Å². The molecule has 148 valence electrons. The number of anilines is 1. The average molecular weight is 432 g/mol. The van der Waals surface area contributed by atoms with Crippen molar-refractivity contribution in [3.63, 3.8) is 0 Å². The lowest BCUT2D eigenvalue weighted by molar-refractivity contribution is -0.136. The van der Waals surface area contributed by atoms with E-state index in [1.807, 2.05) is 0 Å². The van der Waals surface area contributed by atoms with Gasteiger partial charge in [-0.3, -0.25) is 9.59 Å². The normalized spacial score (nSPS) is 10.4. The molecule has 0 aliphatic heterocycles. The summed E-state index contributed by atoms with van der Waals surface area (Å²) in [7, 11) is 0. The molecular formula is C21H15Cl2NO5. The zero-order valence-electron chi connectivity index (χ0n) is 14.9. The van der Waals surface area contributed by atoms with E-state index in [2.05, 4.69) is 5.32 Å². The Labute approximate surface area is 176 Å². The summed E-state index contributed by atoms with van der Waals surface area (Å²) in [6.07, 6.45) is -0.125. The first-order chi connectivity index (χ1) is 13.8. The summed E-state index contributed by atoms with van der Waals surface area (Å²) >= 11 is 11.9. The standard InChI is InChI=1S/C21H15Cl2NO5/c22-16-7-2-13(11-18(16)25)21(28)24-14-3-5-15(6-4-14)29-19-8-1-12(9-17(19)23)10-20(26)27/h1-9,11,25H,10H2,(H,24,28)(H,26,27). The highest BCUT2D eigenvalue weighted by molar-refractivity contribution is 6.32. The smallest absolute Gasteiger partial charge is 0.307 e. The molecule has 3 aromatic rings. The van der Waals surface area contributed by atoms with Crippen LogP contribution in [0.5, 0.6) is 17.2 Å². The molecule has 0 bridgehead atoms. The van der Waals surface area contributed by atoms with Gasteiger partial charge >= 0.3 is 5.97 Å². The Morgan fingerprint density at radius 2 is 1.66 bits per heavy atom. The van der Waals surface area contributed by atoms with E-state index in [1.165, 1.54) is 18.2 Å². The van der Waals surface area contributed by atoms with Crippen molar-refractivity contribution >= 4 is 40.8 Å². The predicted octanol–water partition coefficient (Wildman–Crippen LogP) is 5.37. The Morgan fingerprint density at radius 1 is 0.931 bits per heavy atom. The Morgan fingerprint density at radius 3 is 2.28 bits per heavy atom. The van der Waals surface area contributed by atoms with E-state index in [9.17, 15) is 14.7 Å². The fourth-order valence-corrected chi connectivity index (χ4v) is 2.86. The molecule has 29 heavy (non-hydrogen) atoms. The SMILES string of the molecule is O=C(O)Cc1ccc(Oc2ccc(NC(=O)c3ccc(Cl)c(O)c3)cc2)c(Cl)c1. The number of ether oxygens (including phenoxy) is 1. The molecule has 0 saturated heterocycles. The Bertz CT molecular complexity index is 1070. The van der Waals surface area contributed by atoms with Gasteiger partial charge in [0, 0.05) is 11.3 Å². The van der Waals surface area contributed by atoms with Crippen LogP contribution in [0, 0.1) is 0 Å². The van der Waals surface area contributed by atoms with Gasteiger partial charge in [0.2, 0.25) is 0 Å². The fraction of sp³-hybridized carbons (Fsp3) is 0.0476. The summed E-state index contributed by atoms with van der Waals surface area (Å²) in [4.78, 5) is 23.0. The second kappa shape index (κ2) is 8.86. The monoisotopic (exact) mass is 431 g/mol. The first kappa shape index (κ1) is 20.5. The first-order valence-corrected chi connectivity index (χ1v) is 9.15. The zero-order valence-corrected chi connectivity index (χ0v) is 16.4. The molecule has 3 rings (SSSR count). The van der Waals surface area contributed by atoms with Crippen LogP contribution in [0.1, 0.15) is 15.9 Å². The maximum atomic E-state index is 12.3. The van der Waals surface area contributed by atoms with Gasteiger partial charge in [-0.15, -0.1) is 0 Å². The molecule has 0 atom stereocenters. The Hall–Kier alpha value is -3.22. The van der Waals surface area contributed by atoms with Crippen molar-refractivity contribution < 1.29 is 24.5 Å². The lowest BCUT2D eigenvalue weighted by Crippen LogP contribution is -2.11. The number of hydrogen-bond donors (Lipinski definition) is 3. The molecule has 3 N–H and O–H groups in total. The van der Waals surface area contributed by atoms with Crippen LogP contribution in [-0.4, -0.2) is 22.1 Å². The van der Waals surface area contributed by atoms with Crippen molar-refractivity contribution in [2.75, 3.05) is 5.32 Å². The quantitative estimate of drug-likeness (QED) is 0.487. The molecule has 6 nitrogen and oxygen atoms in total. The van der Waals surface area contributed by atoms with Crippen LogP contribution < -0.4 is 10.1 Å². The van der Waals surface area contributed by atoms with Crippen molar-refractivity contribution in [2.24, 2.45) is 0 Å². The maximum Gasteiger partial charge on any atom is 0.307 e. The molecule has 0 heterocycles. The molecule has 3 aromatic carbocycles. The minimum atomic E-state index is -0.943. The molecule has 0 radical (unpaired) electrons. The van der Waals surface area contributed by atoms with E-state index < -0.39 is 11.9 Å². The summed E-state index contributed by atoms with van der Waals surface area (Å²) in [6.45, 7) is 0. The van der Waals surface area contributed by atoms with Gasteiger partial charge in [0.25, 0.3) is 5.91 Å². The molecule has 0 aliphatic rings. The molecule has 0 saturated carbocycles. The molecule has 0 spiro atoms. The topological polar surface area (TPSA) is 95.9 Å². The van der Waals surface area contributed by atoms with E-state index >= 15 is 0 Å². The average Bonchev–Trinajstić information content (AvgIpc) is 2.67. The highest BCUT2D eigenvalue weighted by Gasteiger charge is 2.10. The van der Waals surface area contributed by atoms with Gasteiger partial charge in [-0.25, -0.2) is 0 Å². The summed E-state index contributed by atoms with van der Waals surface area (Å²) in [6, 6.07) is 15.6.